The highest BCUT2D eigenvalue weighted by atomic mass is 16.3. The molecule has 0 spiro atoms. The topological polar surface area (TPSA) is 40.5 Å². The summed E-state index contributed by atoms with van der Waals surface area (Å²) in [6.45, 7) is 0.000771. The summed E-state index contributed by atoms with van der Waals surface area (Å²) in [5.74, 6) is 7.26. The summed E-state index contributed by atoms with van der Waals surface area (Å²) in [5, 5.41) is 19.3. The molecule has 0 amide bonds. The lowest BCUT2D eigenvalue weighted by molar-refractivity contribution is 0.222. The molecule has 2 aromatic rings. The Labute approximate surface area is 131 Å². The van der Waals surface area contributed by atoms with Crippen molar-refractivity contribution in [1.29, 1.82) is 0 Å². The highest BCUT2D eigenvalue weighted by Gasteiger charge is 2.09. The Bertz CT molecular complexity index is 729. The molecule has 0 bridgehead atoms. The van der Waals surface area contributed by atoms with Crippen LogP contribution in [0, 0.1) is 24.2 Å². The molecule has 2 aromatic carbocycles. The van der Waals surface area contributed by atoms with E-state index >= 15 is 0 Å². The van der Waals surface area contributed by atoms with E-state index in [1.807, 2.05) is 48.5 Å². The van der Waals surface area contributed by atoms with Crippen molar-refractivity contribution < 1.29 is 10.2 Å². The first-order chi connectivity index (χ1) is 10.8. The van der Waals surface area contributed by atoms with Crippen molar-refractivity contribution >= 4 is 0 Å². The smallest absolute Gasteiger partial charge is 0.116 e. The SMILES string of the molecule is C#CC#CC(O)CCc1ccccc1-c1ccccc1CO. The molecule has 1 unspecified atom stereocenters. The van der Waals surface area contributed by atoms with E-state index in [1.165, 1.54) is 0 Å². The lowest BCUT2D eigenvalue weighted by Crippen LogP contribution is -2.05. The Morgan fingerprint density at radius 1 is 0.955 bits per heavy atom. The predicted molar refractivity (Wildman–Crippen MR) is 88.7 cm³/mol. The first-order valence-corrected chi connectivity index (χ1v) is 7.17. The van der Waals surface area contributed by atoms with Gasteiger partial charge >= 0.3 is 0 Å². The van der Waals surface area contributed by atoms with Gasteiger partial charge in [0.05, 0.1) is 6.61 Å². The van der Waals surface area contributed by atoms with Crippen molar-refractivity contribution in [2.45, 2.75) is 25.6 Å². The molecule has 2 heteroatoms. The second-order valence-electron chi connectivity index (χ2n) is 4.94. The summed E-state index contributed by atoms with van der Waals surface area (Å²) in [4.78, 5) is 0. The van der Waals surface area contributed by atoms with E-state index in [0.717, 1.165) is 22.3 Å². The molecule has 0 aliphatic rings. The fraction of sp³-hybridized carbons (Fsp3) is 0.200. The number of benzene rings is 2. The summed E-state index contributed by atoms with van der Waals surface area (Å²) in [6, 6.07) is 15.8. The minimum atomic E-state index is -0.725. The normalized spacial score (nSPS) is 11.1. The molecule has 0 saturated heterocycles. The van der Waals surface area contributed by atoms with Crippen molar-refractivity contribution in [3.8, 4) is 35.3 Å². The molecule has 110 valence electrons. The quantitative estimate of drug-likeness (QED) is 0.831. The molecule has 1 atom stereocenters. The summed E-state index contributed by atoms with van der Waals surface area (Å²) in [7, 11) is 0. The van der Waals surface area contributed by atoms with Gasteiger partial charge in [0.2, 0.25) is 0 Å². The highest BCUT2D eigenvalue weighted by Crippen LogP contribution is 2.28. The average molecular weight is 290 g/mol. The average Bonchev–Trinajstić information content (AvgIpc) is 2.58. The van der Waals surface area contributed by atoms with Crippen LogP contribution in [0.25, 0.3) is 11.1 Å². The van der Waals surface area contributed by atoms with Crippen LogP contribution in [0.1, 0.15) is 17.5 Å². The zero-order chi connectivity index (χ0) is 15.8. The molecule has 2 N–H and O–H groups in total. The molecule has 0 aliphatic heterocycles. The maximum absolute atomic E-state index is 9.79. The van der Waals surface area contributed by atoms with Crippen molar-refractivity contribution in [3.63, 3.8) is 0 Å². The number of aliphatic hydroxyl groups is 2. The van der Waals surface area contributed by atoms with Crippen LogP contribution in [0.15, 0.2) is 48.5 Å². The zero-order valence-corrected chi connectivity index (χ0v) is 12.3. The van der Waals surface area contributed by atoms with E-state index in [2.05, 4.69) is 17.8 Å². The predicted octanol–water partition coefficient (Wildman–Crippen LogP) is 2.78. The first-order valence-electron chi connectivity index (χ1n) is 7.17. The van der Waals surface area contributed by atoms with Crippen LogP contribution < -0.4 is 0 Å². The number of aliphatic hydroxyl groups excluding tert-OH is 2. The number of hydrogen-bond donors (Lipinski definition) is 2. The van der Waals surface area contributed by atoms with Crippen molar-refractivity contribution in [3.05, 3.63) is 59.7 Å². The van der Waals surface area contributed by atoms with Crippen molar-refractivity contribution in [2.75, 3.05) is 0 Å². The lowest BCUT2D eigenvalue weighted by Gasteiger charge is -2.13. The lowest BCUT2D eigenvalue weighted by atomic mass is 9.93. The van der Waals surface area contributed by atoms with Gasteiger partial charge in [-0.2, -0.15) is 0 Å². The number of aryl methyl sites for hydroxylation is 1. The third kappa shape index (κ3) is 3.99. The van der Waals surface area contributed by atoms with E-state index in [-0.39, 0.29) is 6.61 Å². The van der Waals surface area contributed by atoms with Crippen LogP contribution >= 0.6 is 0 Å². The fourth-order valence-corrected chi connectivity index (χ4v) is 2.41. The van der Waals surface area contributed by atoms with Gasteiger partial charge in [-0.05, 0) is 46.9 Å². The maximum Gasteiger partial charge on any atom is 0.116 e. The second-order valence-corrected chi connectivity index (χ2v) is 4.94. The molecule has 0 heterocycles. The second kappa shape index (κ2) is 8.05. The molecule has 0 saturated carbocycles. The molecule has 22 heavy (non-hydrogen) atoms. The van der Waals surface area contributed by atoms with Crippen molar-refractivity contribution in [2.24, 2.45) is 0 Å². The van der Waals surface area contributed by atoms with E-state index < -0.39 is 6.10 Å². The molecular weight excluding hydrogens is 272 g/mol. The molecule has 2 nitrogen and oxygen atoms in total. The summed E-state index contributed by atoms with van der Waals surface area (Å²) >= 11 is 0. The fourth-order valence-electron chi connectivity index (χ4n) is 2.41. The standard InChI is InChI=1S/C20H18O2/c1-2-3-10-18(22)14-13-16-8-4-6-11-19(16)20-12-7-5-9-17(20)15-21/h1,4-9,11-12,18,21-22H,13-15H2. The van der Waals surface area contributed by atoms with E-state index in [4.69, 9.17) is 6.42 Å². The van der Waals surface area contributed by atoms with E-state index in [1.54, 1.807) is 0 Å². The van der Waals surface area contributed by atoms with Gasteiger partial charge < -0.3 is 10.2 Å². The van der Waals surface area contributed by atoms with Crippen LogP contribution in [-0.2, 0) is 13.0 Å². The van der Waals surface area contributed by atoms with Gasteiger partial charge in [-0.25, -0.2) is 0 Å². The molecule has 2 rings (SSSR count). The van der Waals surface area contributed by atoms with Gasteiger partial charge in [0, 0.05) is 0 Å². The van der Waals surface area contributed by atoms with Crippen LogP contribution in [0.3, 0.4) is 0 Å². The Balaban J connectivity index is 2.26. The Hall–Kier alpha value is -2.52. The molecular formula is C20H18O2. The highest BCUT2D eigenvalue weighted by molar-refractivity contribution is 5.70. The summed E-state index contributed by atoms with van der Waals surface area (Å²) in [6.07, 6.45) is 5.54. The minimum absolute atomic E-state index is 0.000771. The Morgan fingerprint density at radius 3 is 2.18 bits per heavy atom. The number of rotatable bonds is 5. The molecule has 0 fully saturated rings. The van der Waals surface area contributed by atoms with Gasteiger partial charge in [-0.1, -0.05) is 54.5 Å². The van der Waals surface area contributed by atoms with Gasteiger partial charge in [0.15, 0.2) is 0 Å². The van der Waals surface area contributed by atoms with Gasteiger partial charge in [0.1, 0.15) is 6.10 Å². The third-order valence-electron chi connectivity index (χ3n) is 3.49. The monoisotopic (exact) mass is 290 g/mol. The van der Waals surface area contributed by atoms with E-state index in [9.17, 15) is 10.2 Å². The molecule has 0 aliphatic carbocycles. The van der Waals surface area contributed by atoms with Gasteiger partial charge in [0.25, 0.3) is 0 Å². The molecule has 0 aromatic heterocycles. The molecule has 0 radical (unpaired) electrons. The van der Waals surface area contributed by atoms with Crippen molar-refractivity contribution in [1.82, 2.24) is 0 Å². The van der Waals surface area contributed by atoms with Crippen LogP contribution in [0.5, 0.6) is 0 Å². The largest absolute Gasteiger partial charge is 0.392 e. The van der Waals surface area contributed by atoms with Crippen LogP contribution in [0.2, 0.25) is 0 Å². The maximum atomic E-state index is 9.79. The third-order valence-corrected chi connectivity index (χ3v) is 3.49. The van der Waals surface area contributed by atoms with Crippen LogP contribution in [-0.4, -0.2) is 16.3 Å². The first kappa shape index (κ1) is 15.9. The van der Waals surface area contributed by atoms with Gasteiger partial charge in [-0.15, -0.1) is 6.42 Å². The van der Waals surface area contributed by atoms with E-state index in [0.29, 0.717) is 12.8 Å². The summed E-state index contributed by atoms with van der Waals surface area (Å²) in [5.41, 5.74) is 4.10. The number of hydrogen-bond acceptors (Lipinski definition) is 2. The Kier molecular flexibility index (Phi) is 5.81. The zero-order valence-electron chi connectivity index (χ0n) is 12.3. The Morgan fingerprint density at radius 2 is 1.55 bits per heavy atom. The number of terminal acetylenes is 1. The van der Waals surface area contributed by atoms with Crippen LogP contribution in [0.4, 0.5) is 0 Å². The minimum Gasteiger partial charge on any atom is -0.392 e. The summed E-state index contributed by atoms with van der Waals surface area (Å²) < 4.78 is 0. The van der Waals surface area contributed by atoms with Gasteiger partial charge in [-0.3, -0.25) is 0 Å².